The SMILES string of the molecule is CCc1ccc(C(NC)C(C)(C)c2ccccc2)o1. The molecule has 0 radical (unpaired) electrons. The molecule has 0 bridgehead atoms. The summed E-state index contributed by atoms with van der Waals surface area (Å²) in [5.41, 5.74) is 1.28. The maximum absolute atomic E-state index is 5.93. The quantitative estimate of drug-likeness (QED) is 0.873. The molecule has 0 saturated carbocycles. The van der Waals surface area contributed by atoms with Crippen LogP contribution in [0.1, 0.15) is 43.9 Å². The van der Waals surface area contributed by atoms with Crippen molar-refractivity contribution >= 4 is 0 Å². The lowest BCUT2D eigenvalue weighted by molar-refractivity contribution is 0.305. The zero-order valence-electron chi connectivity index (χ0n) is 12.2. The highest BCUT2D eigenvalue weighted by molar-refractivity contribution is 5.29. The van der Waals surface area contributed by atoms with Crippen molar-refractivity contribution in [3.63, 3.8) is 0 Å². The van der Waals surface area contributed by atoms with Gasteiger partial charge in [0.2, 0.25) is 0 Å². The summed E-state index contributed by atoms with van der Waals surface area (Å²) in [5.74, 6) is 2.05. The number of likely N-dealkylation sites (N-methyl/N-ethyl adjacent to an activating group) is 1. The highest BCUT2D eigenvalue weighted by atomic mass is 16.3. The van der Waals surface area contributed by atoms with E-state index in [4.69, 9.17) is 4.42 Å². The Morgan fingerprint density at radius 2 is 1.79 bits per heavy atom. The Morgan fingerprint density at radius 1 is 1.11 bits per heavy atom. The van der Waals surface area contributed by atoms with Crippen LogP contribution in [-0.2, 0) is 11.8 Å². The molecule has 1 unspecified atom stereocenters. The number of rotatable bonds is 5. The molecule has 102 valence electrons. The third kappa shape index (κ3) is 2.74. The van der Waals surface area contributed by atoms with E-state index < -0.39 is 0 Å². The summed E-state index contributed by atoms with van der Waals surface area (Å²) < 4.78 is 5.93. The van der Waals surface area contributed by atoms with E-state index in [0.717, 1.165) is 17.9 Å². The second-order valence-electron chi connectivity index (χ2n) is 5.47. The van der Waals surface area contributed by atoms with E-state index >= 15 is 0 Å². The highest BCUT2D eigenvalue weighted by Gasteiger charge is 2.33. The van der Waals surface area contributed by atoms with Gasteiger partial charge in [0.05, 0.1) is 6.04 Å². The van der Waals surface area contributed by atoms with E-state index in [2.05, 4.69) is 68.6 Å². The molecule has 1 atom stereocenters. The molecule has 1 heterocycles. The molecule has 0 spiro atoms. The minimum atomic E-state index is -0.0289. The van der Waals surface area contributed by atoms with Gasteiger partial charge in [0, 0.05) is 11.8 Å². The third-order valence-corrected chi connectivity index (χ3v) is 3.84. The fraction of sp³-hybridized carbons (Fsp3) is 0.412. The molecule has 1 N–H and O–H groups in total. The van der Waals surface area contributed by atoms with Crippen molar-refractivity contribution in [3.05, 3.63) is 59.5 Å². The molecular weight excluding hydrogens is 234 g/mol. The molecule has 0 saturated heterocycles. The van der Waals surface area contributed by atoms with Crippen LogP contribution in [0.5, 0.6) is 0 Å². The van der Waals surface area contributed by atoms with Crippen LogP contribution in [0, 0.1) is 0 Å². The van der Waals surface area contributed by atoms with Crippen LogP contribution in [0.4, 0.5) is 0 Å². The summed E-state index contributed by atoms with van der Waals surface area (Å²) in [6.45, 7) is 6.61. The van der Waals surface area contributed by atoms with Crippen LogP contribution in [0.15, 0.2) is 46.9 Å². The first-order valence-corrected chi connectivity index (χ1v) is 6.91. The van der Waals surface area contributed by atoms with Crippen molar-refractivity contribution < 1.29 is 4.42 Å². The fourth-order valence-electron chi connectivity index (χ4n) is 2.63. The number of nitrogens with one attached hydrogen (secondary N) is 1. The summed E-state index contributed by atoms with van der Waals surface area (Å²) in [7, 11) is 1.99. The second kappa shape index (κ2) is 5.62. The molecule has 0 aliphatic rings. The Kier molecular flexibility index (Phi) is 4.11. The van der Waals surface area contributed by atoms with Gasteiger partial charge in [-0.3, -0.25) is 0 Å². The first-order chi connectivity index (χ1) is 9.09. The zero-order chi connectivity index (χ0) is 13.9. The average Bonchev–Trinajstić information content (AvgIpc) is 2.89. The first-order valence-electron chi connectivity index (χ1n) is 6.91. The van der Waals surface area contributed by atoms with Crippen LogP contribution in [0.3, 0.4) is 0 Å². The monoisotopic (exact) mass is 257 g/mol. The van der Waals surface area contributed by atoms with E-state index in [9.17, 15) is 0 Å². The van der Waals surface area contributed by atoms with E-state index in [0.29, 0.717) is 0 Å². The predicted molar refractivity (Wildman–Crippen MR) is 79.4 cm³/mol. The van der Waals surface area contributed by atoms with Gasteiger partial charge in [-0.2, -0.15) is 0 Å². The maximum atomic E-state index is 5.93. The zero-order valence-corrected chi connectivity index (χ0v) is 12.2. The predicted octanol–water partition coefficient (Wildman–Crippen LogP) is 4.08. The Hall–Kier alpha value is -1.54. The van der Waals surface area contributed by atoms with Gasteiger partial charge in [-0.25, -0.2) is 0 Å². The van der Waals surface area contributed by atoms with Gasteiger partial charge < -0.3 is 9.73 Å². The van der Waals surface area contributed by atoms with Gasteiger partial charge in [-0.1, -0.05) is 51.1 Å². The van der Waals surface area contributed by atoms with Crippen molar-refractivity contribution in [2.45, 2.75) is 38.6 Å². The number of hydrogen-bond donors (Lipinski definition) is 1. The number of furan rings is 1. The molecule has 1 aromatic heterocycles. The molecule has 0 fully saturated rings. The van der Waals surface area contributed by atoms with Gasteiger partial charge in [-0.05, 0) is 24.7 Å². The Balaban J connectivity index is 2.35. The molecule has 19 heavy (non-hydrogen) atoms. The van der Waals surface area contributed by atoms with Gasteiger partial charge in [0.1, 0.15) is 11.5 Å². The van der Waals surface area contributed by atoms with Crippen LogP contribution in [0.25, 0.3) is 0 Å². The van der Waals surface area contributed by atoms with E-state index in [1.54, 1.807) is 0 Å². The van der Waals surface area contributed by atoms with Crippen molar-refractivity contribution in [1.29, 1.82) is 0 Å². The Labute approximate surface area is 115 Å². The molecular formula is C17H23NO. The fourth-order valence-corrected chi connectivity index (χ4v) is 2.63. The van der Waals surface area contributed by atoms with E-state index in [-0.39, 0.29) is 11.5 Å². The second-order valence-corrected chi connectivity index (χ2v) is 5.47. The van der Waals surface area contributed by atoms with E-state index in [1.165, 1.54) is 5.56 Å². The lowest BCUT2D eigenvalue weighted by atomic mass is 9.77. The minimum absolute atomic E-state index is 0.0289. The average molecular weight is 257 g/mol. The van der Waals surface area contributed by atoms with Crippen molar-refractivity contribution in [1.82, 2.24) is 5.32 Å². The molecule has 0 amide bonds. The number of aryl methyl sites for hydroxylation is 1. The Bertz CT molecular complexity index is 513. The molecule has 2 aromatic rings. The standard InChI is InChI=1S/C17H23NO/c1-5-14-11-12-15(19-14)16(18-4)17(2,3)13-9-7-6-8-10-13/h6-12,16,18H,5H2,1-4H3. The summed E-state index contributed by atoms with van der Waals surface area (Å²) in [6, 6.07) is 14.9. The molecule has 2 heteroatoms. The summed E-state index contributed by atoms with van der Waals surface area (Å²) in [6.07, 6.45) is 0.933. The largest absolute Gasteiger partial charge is 0.464 e. The topological polar surface area (TPSA) is 25.2 Å². The third-order valence-electron chi connectivity index (χ3n) is 3.84. The minimum Gasteiger partial charge on any atom is -0.464 e. The lowest BCUT2D eigenvalue weighted by Crippen LogP contribution is -2.35. The lowest BCUT2D eigenvalue weighted by Gasteiger charge is -2.33. The van der Waals surface area contributed by atoms with Gasteiger partial charge >= 0.3 is 0 Å². The van der Waals surface area contributed by atoms with Crippen molar-refractivity contribution in [2.75, 3.05) is 7.05 Å². The number of hydrogen-bond acceptors (Lipinski definition) is 2. The van der Waals surface area contributed by atoms with Crippen LogP contribution >= 0.6 is 0 Å². The van der Waals surface area contributed by atoms with Gasteiger partial charge in [-0.15, -0.1) is 0 Å². The molecule has 1 aromatic carbocycles. The highest BCUT2D eigenvalue weighted by Crippen LogP contribution is 2.37. The van der Waals surface area contributed by atoms with E-state index in [1.807, 2.05) is 7.05 Å². The smallest absolute Gasteiger partial charge is 0.121 e. The molecule has 2 nitrogen and oxygen atoms in total. The summed E-state index contributed by atoms with van der Waals surface area (Å²) in [5, 5.41) is 3.40. The van der Waals surface area contributed by atoms with Crippen molar-refractivity contribution in [2.24, 2.45) is 0 Å². The normalized spacial score (nSPS) is 13.5. The van der Waals surface area contributed by atoms with Crippen LogP contribution in [0.2, 0.25) is 0 Å². The van der Waals surface area contributed by atoms with Crippen LogP contribution < -0.4 is 5.32 Å². The Morgan fingerprint density at radius 3 is 2.32 bits per heavy atom. The first kappa shape index (κ1) is 13.9. The maximum Gasteiger partial charge on any atom is 0.121 e. The molecule has 0 aliphatic carbocycles. The molecule has 2 rings (SSSR count). The number of benzene rings is 1. The summed E-state index contributed by atoms with van der Waals surface area (Å²) in [4.78, 5) is 0. The molecule has 0 aliphatic heterocycles. The van der Waals surface area contributed by atoms with Gasteiger partial charge in [0.15, 0.2) is 0 Å². The van der Waals surface area contributed by atoms with Gasteiger partial charge in [0.25, 0.3) is 0 Å². The van der Waals surface area contributed by atoms with Crippen molar-refractivity contribution in [3.8, 4) is 0 Å². The van der Waals surface area contributed by atoms with Crippen LogP contribution in [-0.4, -0.2) is 7.05 Å². The summed E-state index contributed by atoms with van der Waals surface area (Å²) >= 11 is 0.